The summed E-state index contributed by atoms with van der Waals surface area (Å²) in [5.41, 5.74) is -0.489. The maximum absolute atomic E-state index is 12.1. The van der Waals surface area contributed by atoms with Gasteiger partial charge in [-0.3, -0.25) is 14.9 Å². The third kappa shape index (κ3) is 3.24. The minimum absolute atomic E-state index is 0.104. The van der Waals surface area contributed by atoms with E-state index in [0.717, 1.165) is 12.1 Å². The molecule has 0 spiro atoms. The molecule has 1 aliphatic rings. The summed E-state index contributed by atoms with van der Waals surface area (Å²) in [5, 5.41) is 32.4. The molecule has 3 N–H and O–H groups in total. The predicted molar refractivity (Wildman–Crippen MR) is 70.5 cm³/mol. The molecule has 0 radical (unpaired) electrons. The van der Waals surface area contributed by atoms with E-state index in [4.69, 9.17) is 0 Å². The van der Waals surface area contributed by atoms with E-state index in [9.17, 15) is 25.1 Å². The Kier molecular flexibility index (Phi) is 4.19. The number of phenols is 1. The second-order valence-corrected chi connectivity index (χ2v) is 4.94. The number of aliphatic hydroxyl groups excluding tert-OH is 1. The van der Waals surface area contributed by atoms with E-state index in [0.29, 0.717) is 25.7 Å². The molecule has 0 unspecified atom stereocenters. The highest BCUT2D eigenvalue weighted by Crippen LogP contribution is 2.24. The van der Waals surface area contributed by atoms with Gasteiger partial charge in [0.25, 0.3) is 11.6 Å². The maximum atomic E-state index is 12.1. The van der Waals surface area contributed by atoms with Crippen LogP contribution in [0, 0.1) is 10.1 Å². The molecule has 2 rings (SSSR count). The summed E-state index contributed by atoms with van der Waals surface area (Å²) in [5.74, 6) is -0.770. The average Bonchev–Trinajstić information content (AvgIpc) is 2.41. The number of amides is 1. The van der Waals surface area contributed by atoms with Gasteiger partial charge >= 0.3 is 0 Å². The number of benzene rings is 1. The first kappa shape index (κ1) is 14.3. The molecule has 7 nitrogen and oxygen atoms in total. The van der Waals surface area contributed by atoms with Crippen molar-refractivity contribution in [3.63, 3.8) is 0 Å². The number of aromatic hydroxyl groups is 1. The molecule has 1 aromatic carbocycles. The molecule has 0 bridgehead atoms. The van der Waals surface area contributed by atoms with Crippen molar-refractivity contribution in [1.82, 2.24) is 5.32 Å². The van der Waals surface area contributed by atoms with Gasteiger partial charge in [0.05, 0.1) is 11.0 Å². The Morgan fingerprint density at radius 3 is 2.55 bits per heavy atom. The highest BCUT2D eigenvalue weighted by atomic mass is 16.6. The Balaban J connectivity index is 2.12. The van der Waals surface area contributed by atoms with Crippen LogP contribution in [0.2, 0.25) is 0 Å². The fourth-order valence-electron chi connectivity index (χ4n) is 2.35. The van der Waals surface area contributed by atoms with Crippen LogP contribution in [0.25, 0.3) is 0 Å². The lowest BCUT2D eigenvalue weighted by molar-refractivity contribution is -0.385. The number of aliphatic hydroxyl groups is 1. The van der Waals surface area contributed by atoms with Crippen molar-refractivity contribution in [3.8, 4) is 5.75 Å². The zero-order valence-electron chi connectivity index (χ0n) is 10.8. The number of hydrogen-bond acceptors (Lipinski definition) is 5. The average molecular weight is 280 g/mol. The first-order chi connectivity index (χ1) is 9.47. The van der Waals surface area contributed by atoms with Crippen molar-refractivity contribution < 1.29 is 19.9 Å². The number of phenolic OH excluding ortho intramolecular Hbond substituents is 1. The summed E-state index contributed by atoms with van der Waals surface area (Å²) in [6.45, 7) is 0. The number of hydrogen-bond donors (Lipinski definition) is 3. The van der Waals surface area contributed by atoms with Crippen LogP contribution in [0.15, 0.2) is 18.2 Å². The quantitative estimate of drug-likeness (QED) is 0.571. The van der Waals surface area contributed by atoms with Crippen LogP contribution in [0.5, 0.6) is 5.75 Å². The van der Waals surface area contributed by atoms with Crippen LogP contribution in [0.4, 0.5) is 5.69 Å². The van der Waals surface area contributed by atoms with Gasteiger partial charge in [-0.2, -0.15) is 0 Å². The summed E-state index contributed by atoms with van der Waals surface area (Å²) < 4.78 is 0. The largest absolute Gasteiger partial charge is 0.508 e. The third-order valence-corrected chi connectivity index (χ3v) is 3.45. The number of nitro benzene ring substituents is 1. The number of nitrogens with one attached hydrogen (secondary N) is 1. The van der Waals surface area contributed by atoms with Gasteiger partial charge in [-0.15, -0.1) is 0 Å². The van der Waals surface area contributed by atoms with Crippen LogP contribution in [0.3, 0.4) is 0 Å². The van der Waals surface area contributed by atoms with Gasteiger partial charge in [0.15, 0.2) is 0 Å². The van der Waals surface area contributed by atoms with Gasteiger partial charge < -0.3 is 15.5 Å². The van der Waals surface area contributed by atoms with Crippen molar-refractivity contribution >= 4 is 11.6 Å². The summed E-state index contributed by atoms with van der Waals surface area (Å²) in [4.78, 5) is 22.3. The Morgan fingerprint density at radius 2 is 1.95 bits per heavy atom. The molecule has 108 valence electrons. The summed E-state index contributed by atoms with van der Waals surface area (Å²) in [6, 6.07) is 3.26. The smallest absolute Gasteiger partial charge is 0.282 e. The Bertz CT molecular complexity index is 523. The monoisotopic (exact) mass is 280 g/mol. The Hall–Kier alpha value is -2.15. The van der Waals surface area contributed by atoms with Crippen LogP contribution in [-0.4, -0.2) is 33.2 Å². The van der Waals surface area contributed by atoms with Crippen LogP contribution in [-0.2, 0) is 0 Å². The highest BCUT2D eigenvalue weighted by Gasteiger charge is 2.25. The molecule has 0 saturated heterocycles. The molecule has 1 saturated carbocycles. The van der Waals surface area contributed by atoms with E-state index >= 15 is 0 Å². The second kappa shape index (κ2) is 5.87. The molecule has 1 aromatic rings. The van der Waals surface area contributed by atoms with Gasteiger partial charge in [0.2, 0.25) is 0 Å². The fraction of sp³-hybridized carbons (Fsp3) is 0.462. The second-order valence-electron chi connectivity index (χ2n) is 4.94. The van der Waals surface area contributed by atoms with E-state index in [1.807, 2.05) is 0 Å². The van der Waals surface area contributed by atoms with Crippen molar-refractivity contribution in [2.75, 3.05) is 0 Å². The fourth-order valence-corrected chi connectivity index (χ4v) is 2.35. The first-order valence-corrected chi connectivity index (χ1v) is 6.43. The van der Waals surface area contributed by atoms with Gasteiger partial charge in [-0.05, 0) is 37.8 Å². The maximum Gasteiger partial charge on any atom is 0.282 e. The lowest BCUT2D eigenvalue weighted by Gasteiger charge is -2.26. The molecular weight excluding hydrogens is 264 g/mol. The minimum Gasteiger partial charge on any atom is -0.508 e. The van der Waals surface area contributed by atoms with E-state index in [1.165, 1.54) is 6.07 Å². The van der Waals surface area contributed by atoms with Gasteiger partial charge in [0.1, 0.15) is 11.3 Å². The van der Waals surface area contributed by atoms with Crippen molar-refractivity contribution in [3.05, 3.63) is 33.9 Å². The molecule has 7 heteroatoms. The molecule has 0 heterocycles. The number of rotatable bonds is 3. The molecular formula is C13H16N2O5. The van der Waals surface area contributed by atoms with Crippen molar-refractivity contribution in [2.45, 2.75) is 37.8 Å². The highest BCUT2D eigenvalue weighted by molar-refractivity contribution is 5.98. The van der Waals surface area contributed by atoms with Crippen molar-refractivity contribution in [2.24, 2.45) is 0 Å². The number of carbonyl (C=O) groups excluding carboxylic acids is 1. The van der Waals surface area contributed by atoms with E-state index in [2.05, 4.69) is 5.32 Å². The van der Waals surface area contributed by atoms with Gasteiger partial charge in [-0.1, -0.05) is 0 Å². The SMILES string of the molecule is O=C(NC1CCC(O)CC1)c1cc(O)ccc1[N+](=O)[O-]. The van der Waals surface area contributed by atoms with Crippen LogP contribution < -0.4 is 5.32 Å². The Labute approximate surface area is 115 Å². The molecule has 0 atom stereocenters. The Morgan fingerprint density at radius 1 is 1.30 bits per heavy atom. The van der Waals surface area contributed by atoms with E-state index in [-0.39, 0.29) is 29.1 Å². The molecule has 0 aliphatic heterocycles. The zero-order chi connectivity index (χ0) is 14.7. The summed E-state index contributed by atoms with van der Waals surface area (Å²) in [6.07, 6.45) is 2.15. The number of carbonyl (C=O) groups is 1. The molecule has 20 heavy (non-hydrogen) atoms. The standard InChI is InChI=1S/C13H16N2O5/c16-9-3-1-8(2-4-9)14-13(18)11-7-10(17)5-6-12(11)15(19)20/h5-9,16-17H,1-4H2,(H,14,18). The lowest BCUT2D eigenvalue weighted by atomic mass is 9.93. The molecule has 1 amide bonds. The normalized spacial score (nSPS) is 22.2. The van der Waals surface area contributed by atoms with Crippen molar-refractivity contribution in [1.29, 1.82) is 0 Å². The summed E-state index contributed by atoms with van der Waals surface area (Å²) >= 11 is 0. The first-order valence-electron chi connectivity index (χ1n) is 6.43. The topological polar surface area (TPSA) is 113 Å². The van der Waals surface area contributed by atoms with Crippen LogP contribution >= 0.6 is 0 Å². The minimum atomic E-state index is -0.654. The lowest BCUT2D eigenvalue weighted by Crippen LogP contribution is -2.38. The molecule has 1 aliphatic carbocycles. The summed E-state index contributed by atoms with van der Waals surface area (Å²) in [7, 11) is 0. The van der Waals surface area contributed by atoms with E-state index < -0.39 is 10.8 Å². The third-order valence-electron chi connectivity index (χ3n) is 3.45. The van der Waals surface area contributed by atoms with E-state index in [1.54, 1.807) is 0 Å². The zero-order valence-corrected chi connectivity index (χ0v) is 10.8. The number of nitro groups is 1. The molecule has 0 aromatic heterocycles. The van der Waals surface area contributed by atoms with Gasteiger partial charge in [-0.25, -0.2) is 0 Å². The molecule has 1 fully saturated rings. The van der Waals surface area contributed by atoms with Crippen LogP contribution in [0.1, 0.15) is 36.0 Å². The van der Waals surface area contributed by atoms with Gasteiger partial charge in [0, 0.05) is 12.1 Å². The predicted octanol–water partition coefficient (Wildman–Crippen LogP) is 1.33. The number of nitrogens with zero attached hydrogens (tertiary/aromatic N) is 1.